The van der Waals surface area contributed by atoms with Crippen molar-refractivity contribution in [1.82, 2.24) is 0 Å². The molecule has 0 radical (unpaired) electrons. The van der Waals surface area contributed by atoms with Crippen molar-refractivity contribution in [2.24, 2.45) is 10.8 Å². The monoisotopic (exact) mass is 552 g/mol. The van der Waals surface area contributed by atoms with Gasteiger partial charge in [-0.15, -0.1) is 0 Å². The number of hydrogen-bond donors (Lipinski definition) is 0. The van der Waals surface area contributed by atoms with Crippen LogP contribution < -0.4 is 0 Å². The van der Waals surface area contributed by atoms with E-state index in [1.54, 1.807) is 31.2 Å². The van der Waals surface area contributed by atoms with Crippen LogP contribution in [-0.2, 0) is 33.3 Å². The standard InChI is InChI=1S/C33H44O7/c1-8-32(9-2,24-37-22-26(7)39-12-5)30(35)20-18-28-16-14-15-27(21-28)17-19-29(34)23-38-25-33(10-3,11-4)31(36)40-13-6/h14-16,21H,7-13,22-25H2,1-6H3. The lowest BCUT2D eigenvalue weighted by Crippen LogP contribution is -2.37. The predicted octanol–water partition coefficient (Wildman–Crippen LogP) is 5.29. The van der Waals surface area contributed by atoms with Crippen molar-refractivity contribution in [2.75, 3.05) is 39.6 Å². The number of carbonyl (C=O) groups is 3. The summed E-state index contributed by atoms with van der Waals surface area (Å²) in [5, 5.41) is 0. The lowest BCUT2D eigenvalue weighted by molar-refractivity contribution is -0.160. The lowest BCUT2D eigenvalue weighted by Gasteiger charge is -2.28. The SMILES string of the molecule is C=C(COCC(CC)(CC)C(=O)C#Cc1cccc(C#CC(=O)COCC(CC)(CC)C(=O)OCC)c1)OCC. The summed E-state index contributed by atoms with van der Waals surface area (Å²) >= 11 is 0. The highest BCUT2D eigenvalue weighted by Crippen LogP contribution is 2.29. The zero-order valence-electron chi connectivity index (χ0n) is 24.9. The number of ketones is 2. The van der Waals surface area contributed by atoms with Gasteiger partial charge < -0.3 is 18.9 Å². The van der Waals surface area contributed by atoms with E-state index in [1.165, 1.54) is 0 Å². The molecule has 0 fully saturated rings. The molecule has 0 aliphatic heterocycles. The van der Waals surface area contributed by atoms with Crippen molar-refractivity contribution in [2.45, 2.75) is 67.2 Å². The Balaban J connectivity index is 2.85. The minimum absolute atomic E-state index is 0.0919. The summed E-state index contributed by atoms with van der Waals surface area (Å²) in [5.41, 5.74) is -0.291. The Kier molecular flexibility index (Phi) is 15.6. The van der Waals surface area contributed by atoms with Gasteiger partial charge in [-0.25, -0.2) is 0 Å². The van der Waals surface area contributed by atoms with E-state index in [2.05, 4.69) is 30.3 Å². The number of esters is 1. The summed E-state index contributed by atoms with van der Waals surface area (Å²) < 4.78 is 21.8. The summed E-state index contributed by atoms with van der Waals surface area (Å²) in [6.07, 6.45) is 2.27. The third-order valence-electron chi connectivity index (χ3n) is 7.03. The molecule has 0 amide bonds. The summed E-state index contributed by atoms with van der Waals surface area (Å²) in [7, 11) is 0. The van der Waals surface area contributed by atoms with Crippen molar-refractivity contribution in [3.63, 3.8) is 0 Å². The van der Waals surface area contributed by atoms with Gasteiger partial charge in [0.1, 0.15) is 19.0 Å². The highest BCUT2D eigenvalue weighted by Gasteiger charge is 2.37. The molecule has 0 saturated heterocycles. The Morgan fingerprint density at radius 2 is 1.27 bits per heavy atom. The van der Waals surface area contributed by atoms with Gasteiger partial charge in [0, 0.05) is 11.1 Å². The third-order valence-corrected chi connectivity index (χ3v) is 7.03. The topological polar surface area (TPSA) is 88.1 Å². The predicted molar refractivity (Wildman–Crippen MR) is 155 cm³/mol. The van der Waals surface area contributed by atoms with E-state index in [1.807, 2.05) is 34.6 Å². The second-order valence-electron chi connectivity index (χ2n) is 9.49. The molecule has 0 bridgehead atoms. The van der Waals surface area contributed by atoms with E-state index in [9.17, 15) is 14.4 Å². The minimum atomic E-state index is -0.772. The van der Waals surface area contributed by atoms with Gasteiger partial charge in [0.05, 0.1) is 37.3 Å². The Morgan fingerprint density at radius 3 is 1.82 bits per heavy atom. The normalized spacial score (nSPS) is 10.9. The fraction of sp³-hybridized carbons (Fsp3) is 0.545. The van der Waals surface area contributed by atoms with Gasteiger partial charge in [-0.05, 0) is 69.6 Å². The zero-order valence-corrected chi connectivity index (χ0v) is 24.9. The summed E-state index contributed by atoms with van der Waals surface area (Å²) in [5.74, 6) is 10.7. The summed E-state index contributed by atoms with van der Waals surface area (Å²) in [4.78, 5) is 37.7. The molecule has 0 aliphatic carbocycles. The van der Waals surface area contributed by atoms with E-state index in [-0.39, 0.29) is 38.2 Å². The molecule has 7 nitrogen and oxygen atoms in total. The Labute approximate surface area is 240 Å². The van der Waals surface area contributed by atoms with Gasteiger partial charge in [-0.2, -0.15) is 0 Å². The highest BCUT2D eigenvalue weighted by atomic mass is 16.5. The van der Waals surface area contributed by atoms with Crippen molar-refractivity contribution in [3.8, 4) is 23.7 Å². The fourth-order valence-corrected chi connectivity index (χ4v) is 3.99. The first kappa shape index (κ1) is 34.6. The first-order chi connectivity index (χ1) is 19.1. The van der Waals surface area contributed by atoms with Gasteiger partial charge in [-0.1, -0.05) is 52.2 Å². The molecular weight excluding hydrogens is 508 g/mol. The maximum absolute atomic E-state index is 13.1. The Morgan fingerprint density at radius 1 is 0.750 bits per heavy atom. The van der Waals surface area contributed by atoms with E-state index in [4.69, 9.17) is 18.9 Å². The van der Waals surface area contributed by atoms with Gasteiger partial charge in [0.2, 0.25) is 11.6 Å². The first-order valence-corrected chi connectivity index (χ1v) is 14.0. The van der Waals surface area contributed by atoms with Crippen LogP contribution in [0, 0.1) is 34.5 Å². The molecule has 1 aromatic rings. The van der Waals surface area contributed by atoms with Crippen molar-refractivity contribution in [3.05, 3.63) is 47.7 Å². The Hall–Kier alpha value is -3.39. The van der Waals surface area contributed by atoms with Crippen LogP contribution in [0.1, 0.15) is 78.4 Å². The highest BCUT2D eigenvalue weighted by molar-refractivity contribution is 6.00. The lowest BCUT2D eigenvalue weighted by atomic mass is 9.79. The minimum Gasteiger partial charge on any atom is -0.496 e. The van der Waals surface area contributed by atoms with Crippen molar-refractivity contribution < 1.29 is 33.3 Å². The molecule has 0 saturated carbocycles. The molecular formula is C33H44O7. The maximum atomic E-state index is 13.1. The molecule has 0 aliphatic rings. The smallest absolute Gasteiger partial charge is 0.314 e. The van der Waals surface area contributed by atoms with Crippen LogP contribution in [-0.4, -0.2) is 57.2 Å². The second kappa shape index (κ2) is 18.1. The van der Waals surface area contributed by atoms with Gasteiger partial charge in [0.25, 0.3) is 0 Å². The largest absolute Gasteiger partial charge is 0.496 e. The molecule has 40 heavy (non-hydrogen) atoms. The van der Waals surface area contributed by atoms with E-state index < -0.39 is 16.6 Å². The van der Waals surface area contributed by atoms with Crippen LogP contribution in [0.15, 0.2) is 36.6 Å². The fourth-order valence-electron chi connectivity index (χ4n) is 3.99. The number of benzene rings is 1. The number of Topliss-reactive ketones (excluding diaryl/α,β-unsaturated/α-hetero) is 2. The number of ether oxygens (including phenoxy) is 4. The molecule has 1 aromatic carbocycles. The molecule has 0 N–H and O–H groups in total. The van der Waals surface area contributed by atoms with Gasteiger partial charge >= 0.3 is 5.97 Å². The van der Waals surface area contributed by atoms with Crippen molar-refractivity contribution >= 4 is 17.5 Å². The molecule has 7 heteroatoms. The maximum Gasteiger partial charge on any atom is 0.314 e. The van der Waals surface area contributed by atoms with E-state index >= 15 is 0 Å². The van der Waals surface area contributed by atoms with Crippen molar-refractivity contribution in [1.29, 1.82) is 0 Å². The molecule has 0 unspecified atom stereocenters. The molecule has 218 valence electrons. The molecule has 0 heterocycles. The first-order valence-electron chi connectivity index (χ1n) is 14.0. The van der Waals surface area contributed by atoms with Crippen LogP contribution in [0.3, 0.4) is 0 Å². The average molecular weight is 553 g/mol. The van der Waals surface area contributed by atoms with Gasteiger partial charge in [-0.3, -0.25) is 14.4 Å². The third kappa shape index (κ3) is 10.6. The zero-order chi connectivity index (χ0) is 30.0. The Bertz CT molecular complexity index is 1120. The van der Waals surface area contributed by atoms with Gasteiger partial charge in [0.15, 0.2) is 0 Å². The summed E-state index contributed by atoms with van der Waals surface area (Å²) in [6.45, 7) is 16.2. The molecule has 0 spiro atoms. The average Bonchev–Trinajstić information content (AvgIpc) is 2.96. The van der Waals surface area contributed by atoms with Crippen LogP contribution in [0.4, 0.5) is 0 Å². The van der Waals surface area contributed by atoms with Crippen LogP contribution in [0.25, 0.3) is 0 Å². The molecule has 1 rings (SSSR count). The number of rotatable bonds is 17. The van der Waals surface area contributed by atoms with E-state index in [0.717, 1.165) is 0 Å². The van der Waals surface area contributed by atoms with Crippen LogP contribution >= 0.6 is 0 Å². The van der Waals surface area contributed by atoms with Crippen LogP contribution in [0.5, 0.6) is 0 Å². The molecule has 0 atom stereocenters. The summed E-state index contributed by atoms with van der Waals surface area (Å²) in [6, 6.07) is 7.03. The number of hydrogen-bond acceptors (Lipinski definition) is 7. The molecule has 0 aromatic heterocycles. The number of carbonyl (C=O) groups excluding carboxylic acids is 3. The van der Waals surface area contributed by atoms with Crippen LogP contribution in [0.2, 0.25) is 0 Å². The quantitative estimate of drug-likeness (QED) is 0.147. The second-order valence-corrected chi connectivity index (χ2v) is 9.49. The van der Waals surface area contributed by atoms with E-state index in [0.29, 0.717) is 55.8 Å².